The number of thioether (sulfide) groups is 2. The van der Waals surface area contributed by atoms with E-state index in [-0.39, 0.29) is 10.3 Å². The summed E-state index contributed by atoms with van der Waals surface area (Å²) in [6, 6.07) is 5.62. The van der Waals surface area contributed by atoms with Gasteiger partial charge in [0.1, 0.15) is 10.3 Å². The Hall–Kier alpha value is -0.930. The zero-order valence-corrected chi connectivity index (χ0v) is 11.5. The third-order valence-electron chi connectivity index (χ3n) is 2.25. The van der Waals surface area contributed by atoms with Crippen molar-refractivity contribution in [1.29, 1.82) is 0 Å². The van der Waals surface area contributed by atoms with Crippen LogP contribution in [0.25, 0.3) is 0 Å². The predicted molar refractivity (Wildman–Crippen MR) is 73.3 cm³/mol. The van der Waals surface area contributed by atoms with Crippen molar-refractivity contribution in [1.82, 2.24) is 0 Å². The number of halogens is 3. The van der Waals surface area contributed by atoms with Gasteiger partial charge in [0.05, 0.1) is 0 Å². The van der Waals surface area contributed by atoms with Gasteiger partial charge in [0, 0.05) is 5.56 Å². The normalized spacial score (nSPS) is 16.6. The van der Waals surface area contributed by atoms with Crippen molar-refractivity contribution >= 4 is 23.5 Å². The Kier molecular flexibility index (Phi) is 4.94. The first-order valence-electron chi connectivity index (χ1n) is 5.63. The first-order valence-corrected chi connectivity index (χ1v) is 7.73. The summed E-state index contributed by atoms with van der Waals surface area (Å²) in [5, 5.41) is 0. The number of hydrogen-bond acceptors (Lipinski definition) is 3. The molecule has 1 fully saturated rings. The topological polar surface area (TPSA) is 9.23 Å². The molecule has 1 aromatic carbocycles. The summed E-state index contributed by atoms with van der Waals surface area (Å²) in [6.45, 7) is 0. The summed E-state index contributed by atoms with van der Waals surface area (Å²) in [4.78, 5) is 0. The van der Waals surface area contributed by atoms with Gasteiger partial charge < -0.3 is 4.74 Å². The number of hydrogen-bond donors (Lipinski definition) is 0. The van der Waals surface area contributed by atoms with E-state index in [0.29, 0.717) is 5.56 Å². The largest absolute Gasteiger partial charge is 0.573 e. The van der Waals surface area contributed by atoms with Crippen LogP contribution >= 0.6 is 23.5 Å². The molecular formula is C13H11F3OS2. The van der Waals surface area contributed by atoms with Gasteiger partial charge in [-0.15, -0.1) is 36.7 Å². The van der Waals surface area contributed by atoms with Crippen LogP contribution in [0, 0.1) is 11.8 Å². The van der Waals surface area contributed by atoms with Gasteiger partial charge in [-0.05, 0) is 42.2 Å². The van der Waals surface area contributed by atoms with E-state index in [1.54, 1.807) is 0 Å². The average molecular weight is 304 g/mol. The molecule has 102 valence electrons. The number of ether oxygens (including phenoxy) is 1. The second-order valence-electron chi connectivity index (χ2n) is 3.77. The second-order valence-corrected chi connectivity index (χ2v) is 6.49. The molecule has 1 heterocycles. The maximum absolute atomic E-state index is 12.0. The Bertz CT molecular complexity index is 467. The van der Waals surface area contributed by atoms with Crippen molar-refractivity contribution in [3.05, 3.63) is 29.8 Å². The van der Waals surface area contributed by atoms with Gasteiger partial charge in [-0.25, -0.2) is 0 Å². The molecule has 0 radical (unpaired) electrons. The summed E-state index contributed by atoms with van der Waals surface area (Å²) in [6.07, 6.45) is -3.44. The highest BCUT2D eigenvalue weighted by atomic mass is 32.2. The molecule has 0 aromatic heterocycles. The molecule has 0 unspecified atom stereocenters. The molecular weight excluding hydrogens is 293 g/mol. The Labute approximate surface area is 118 Å². The zero-order chi connectivity index (χ0) is 13.7. The molecule has 1 saturated heterocycles. The van der Waals surface area contributed by atoms with Gasteiger partial charge in [-0.2, -0.15) is 0 Å². The maximum Gasteiger partial charge on any atom is 0.573 e. The lowest BCUT2D eigenvalue weighted by Gasteiger charge is -2.14. The van der Waals surface area contributed by atoms with Gasteiger partial charge in [0.2, 0.25) is 0 Å². The van der Waals surface area contributed by atoms with E-state index < -0.39 is 6.36 Å². The van der Waals surface area contributed by atoms with E-state index in [0.717, 1.165) is 11.5 Å². The Morgan fingerprint density at radius 1 is 1.11 bits per heavy atom. The van der Waals surface area contributed by atoms with Crippen molar-refractivity contribution < 1.29 is 17.9 Å². The zero-order valence-electron chi connectivity index (χ0n) is 9.87. The van der Waals surface area contributed by atoms with Crippen LogP contribution in [0.4, 0.5) is 13.2 Å². The maximum atomic E-state index is 12.0. The molecule has 1 aromatic rings. The minimum absolute atomic E-state index is 0.223. The molecule has 1 aliphatic heterocycles. The highest BCUT2D eigenvalue weighted by Gasteiger charge is 2.30. The van der Waals surface area contributed by atoms with Crippen LogP contribution in [0.3, 0.4) is 0 Å². The minimum atomic E-state index is -4.65. The van der Waals surface area contributed by atoms with Gasteiger partial charge in [0.15, 0.2) is 0 Å². The number of alkyl halides is 3. The summed E-state index contributed by atoms with van der Waals surface area (Å²) in [7, 11) is 0. The van der Waals surface area contributed by atoms with Crippen molar-refractivity contribution in [3.63, 3.8) is 0 Å². The SMILES string of the molecule is FC(F)(F)Oc1ccc(C#CC2SCCCS2)cc1. The fraction of sp³-hybridized carbons (Fsp3) is 0.385. The first kappa shape index (κ1) is 14.5. The summed E-state index contributed by atoms with van der Waals surface area (Å²) in [5.41, 5.74) is 0.696. The number of benzene rings is 1. The van der Waals surface area contributed by atoms with Gasteiger partial charge in [-0.1, -0.05) is 11.8 Å². The molecule has 2 rings (SSSR count). The van der Waals surface area contributed by atoms with Crippen LogP contribution in [0.1, 0.15) is 12.0 Å². The quantitative estimate of drug-likeness (QED) is 0.722. The molecule has 0 spiro atoms. The summed E-state index contributed by atoms with van der Waals surface area (Å²) >= 11 is 3.62. The second kappa shape index (κ2) is 6.49. The minimum Gasteiger partial charge on any atom is -0.406 e. The van der Waals surface area contributed by atoms with Crippen molar-refractivity contribution in [3.8, 4) is 17.6 Å². The van der Waals surface area contributed by atoms with Crippen LogP contribution in [0.15, 0.2) is 24.3 Å². The van der Waals surface area contributed by atoms with Crippen LogP contribution in [-0.2, 0) is 0 Å². The van der Waals surface area contributed by atoms with Crippen molar-refractivity contribution in [2.45, 2.75) is 17.4 Å². The molecule has 0 saturated carbocycles. The molecule has 0 N–H and O–H groups in total. The lowest BCUT2D eigenvalue weighted by Crippen LogP contribution is -2.16. The standard InChI is InChI=1S/C13H11F3OS2/c14-13(15,16)17-11-5-2-10(3-6-11)4-7-12-18-8-1-9-19-12/h2-3,5-6,12H,1,8-9H2. The smallest absolute Gasteiger partial charge is 0.406 e. The van der Waals surface area contributed by atoms with Gasteiger partial charge >= 0.3 is 6.36 Å². The molecule has 0 amide bonds. The predicted octanol–water partition coefficient (Wildman–Crippen LogP) is 4.13. The summed E-state index contributed by atoms with van der Waals surface area (Å²) in [5.74, 6) is 8.10. The van der Waals surface area contributed by atoms with Crippen LogP contribution in [0.5, 0.6) is 5.75 Å². The first-order chi connectivity index (χ1) is 9.03. The van der Waals surface area contributed by atoms with Crippen LogP contribution in [0.2, 0.25) is 0 Å². The molecule has 0 atom stereocenters. The highest BCUT2D eigenvalue weighted by Crippen LogP contribution is 2.29. The Morgan fingerprint density at radius 2 is 1.74 bits per heavy atom. The lowest BCUT2D eigenvalue weighted by molar-refractivity contribution is -0.274. The van der Waals surface area contributed by atoms with E-state index in [1.807, 2.05) is 23.5 Å². The third kappa shape index (κ3) is 5.29. The summed E-state index contributed by atoms with van der Waals surface area (Å²) < 4.78 is 40.0. The molecule has 6 heteroatoms. The van der Waals surface area contributed by atoms with E-state index in [9.17, 15) is 13.2 Å². The third-order valence-corrected chi connectivity index (χ3v) is 4.96. The fourth-order valence-corrected chi connectivity index (χ4v) is 3.93. The van der Waals surface area contributed by atoms with Gasteiger partial charge in [-0.3, -0.25) is 0 Å². The Balaban J connectivity index is 1.96. The molecule has 0 bridgehead atoms. The van der Waals surface area contributed by atoms with Gasteiger partial charge in [0.25, 0.3) is 0 Å². The van der Waals surface area contributed by atoms with Crippen molar-refractivity contribution in [2.75, 3.05) is 11.5 Å². The van der Waals surface area contributed by atoms with Crippen LogP contribution in [-0.4, -0.2) is 22.5 Å². The molecule has 1 nitrogen and oxygen atoms in total. The van der Waals surface area contributed by atoms with Crippen molar-refractivity contribution in [2.24, 2.45) is 0 Å². The van der Waals surface area contributed by atoms with E-state index in [1.165, 1.54) is 30.7 Å². The fourth-order valence-electron chi connectivity index (χ4n) is 1.45. The van der Waals surface area contributed by atoms with E-state index >= 15 is 0 Å². The monoisotopic (exact) mass is 304 g/mol. The average Bonchev–Trinajstić information content (AvgIpc) is 2.37. The highest BCUT2D eigenvalue weighted by molar-refractivity contribution is 8.17. The molecule has 1 aliphatic rings. The molecule has 19 heavy (non-hydrogen) atoms. The molecule has 0 aliphatic carbocycles. The van der Waals surface area contributed by atoms with Crippen LogP contribution < -0.4 is 4.74 Å². The van der Waals surface area contributed by atoms with E-state index in [4.69, 9.17) is 0 Å². The Morgan fingerprint density at radius 3 is 2.32 bits per heavy atom. The lowest BCUT2D eigenvalue weighted by atomic mass is 10.2. The number of rotatable bonds is 1. The van der Waals surface area contributed by atoms with E-state index in [2.05, 4.69) is 16.6 Å².